The van der Waals surface area contributed by atoms with Gasteiger partial charge in [0, 0.05) is 55.2 Å². The summed E-state index contributed by atoms with van der Waals surface area (Å²) in [5, 5.41) is 13.1. The highest BCUT2D eigenvalue weighted by molar-refractivity contribution is 14.0. The SMILES string of the molecule is CN=C(NCC1(NC(C)c2ccccc2)CCOCC1)NCC(C)(C)c1cccs1.I. The molecular weight excluding hydrogens is 519 g/mol. The monoisotopic (exact) mass is 556 g/mol. The summed E-state index contributed by atoms with van der Waals surface area (Å²) in [5.74, 6) is 0.847. The van der Waals surface area contributed by atoms with Crippen LogP contribution in [0.25, 0.3) is 0 Å². The second-order valence-corrected chi connectivity index (χ2v) is 9.76. The standard InChI is InChI=1S/C24H36N4OS.HI/c1-19(20-9-6-5-7-10-20)28-24(12-14-29-15-13-24)18-27-22(25-4)26-17-23(2,3)21-11-8-16-30-21;/h5-11,16,19,28H,12-15,17-18H2,1-4H3,(H2,25,26,27);1H. The molecule has 1 aliphatic heterocycles. The van der Waals surface area contributed by atoms with Crippen molar-refractivity contribution in [1.82, 2.24) is 16.0 Å². The van der Waals surface area contributed by atoms with Gasteiger partial charge in [-0.3, -0.25) is 4.99 Å². The molecule has 0 spiro atoms. The highest BCUT2D eigenvalue weighted by Crippen LogP contribution is 2.27. The van der Waals surface area contributed by atoms with Crippen molar-refractivity contribution in [3.63, 3.8) is 0 Å². The lowest BCUT2D eigenvalue weighted by molar-refractivity contribution is 0.0355. The number of guanidine groups is 1. The van der Waals surface area contributed by atoms with E-state index < -0.39 is 0 Å². The third-order valence-electron chi connectivity index (χ3n) is 5.98. The maximum Gasteiger partial charge on any atom is 0.191 e. The lowest BCUT2D eigenvalue weighted by Gasteiger charge is -2.41. The Morgan fingerprint density at radius 2 is 1.84 bits per heavy atom. The molecule has 0 amide bonds. The van der Waals surface area contributed by atoms with E-state index in [9.17, 15) is 0 Å². The zero-order chi connectivity index (χ0) is 21.5. The Bertz CT molecular complexity index is 789. The highest BCUT2D eigenvalue weighted by Gasteiger charge is 2.34. The molecule has 172 valence electrons. The van der Waals surface area contributed by atoms with Crippen molar-refractivity contribution in [3.8, 4) is 0 Å². The van der Waals surface area contributed by atoms with Gasteiger partial charge in [-0.2, -0.15) is 0 Å². The second kappa shape index (κ2) is 12.2. The molecule has 1 aromatic carbocycles. The van der Waals surface area contributed by atoms with E-state index in [1.54, 1.807) is 11.3 Å². The van der Waals surface area contributed by atoms with Crippen molar-refractivity contribution in [2.24, 2.45) is 4.99 Å². The van der Waals surface area contributed by atoms with Crippen LogP contribution in [0.4, 0.5) is 0 Å². The number of hydrogen-bond donors (Lipinski definition) is 3. The number of halogens is 1. The minimum atomic E-state index is -0.0194. The first-order valence-electron chi connectivity index (χ1n) is 10.8. The summed E-state index contributed by atoms with van der Waals surface area (Å²) in [5.41, 5.74) is 1.35. The molecule has 1 unspecified atom stereocenters. The van der Waals surface area contributed by atoms with Crippen LogP contribution in [0.15, 0.2) is 52.8 Å². The van der Waals surface area contributed by atoms with Gasteiger partial charge in [-0.05, 0) is 36.8 Å². The summed E-state index contributed by atoms with van der Waals surface area (Å²) in [6.45, 7) is 9.98. The molecule has 2 heterocycles. The van der Waals surface area contributed by atoms with Crippen LogP contribution in [0.2, 0.25) is 0 Å². The Balaban J connectivity index is 0.00000341. The first kappa shape index (κ1) is 26.1. The van der Waals surface area contributed by atoms with E-state index in [0.717, 1.165) is 45.1 Å². The van der Waals surface area contributed by atoms with Crippen molar-refractivity contribution in [1.29, 1.82) is 0 Å². The average Bonchev–Trinajstić information content (AvgIpc) is 3.31. The molecule has 3 N–H and O–H groups in total. The van der Waals surface area contributed by atoms with Crippen molar-refractivity contribution < 1.29 is 4.74 Å². The predicted molar refractivity (Wildman–Crippen MR) is 143 cm³/mol. The van der Waals surface area contributed by atoms with Gasteiger partial charge < -0.3 is 20.7 Å². The maximum atomic E-state index is 5.67. The van der Waals surface area contributed by atoms with E-state index in [-0.39, 0.29) is 41.0 Å². The fraction of sp³-hybridized carbons (Fsp3) is 0.542. The van der Waals surface area contributed by atoms with E-state index in [1.165, 1.54) is 10.4 Å². The van der Waals surface area contributed by atoms with E-state index >= 15 is 0 Å². The fourth-order valence-electron chi connectivity index (χ4n) is 3.95. The number of rotatable bonds is 8. The molecule has 0 saturated carbocycles. The molecule has 7 heteroatoms. The van der Waals surface area contributed by atoms with E-state index in [2.05, 4.69) is 89.6 Å². The normalized spacial score (nSPS) is 17.5. The zero-order valence-corrected chi connectivity index (χ0v) is 22.3. The Kier molecular flexibility index (Phi) is 10.3. The summed E-state index contributed by atoms with van der Waals surface area (Å²) in [4.78, 5) is 5.84. The molecule has 0 bridgehead atoms. The molecule has 1 aliphatic rings. The van der Waals surface area contributed by atoms with Crippen LogP contribution in [-0.4, -0.2) is 44.8 Å². The topological polar surface area (TPSA) is 57.7 Å². The first-order valence-corrected chi connectivity index (χ1v) is 11.7. The number of thiophene rings is 1. The van der Waals surface area contributed by atoms with Gasteiger partial charge in [-0.1, -0.05) is 50.2 Å². The molecule has 31 heavy (non-hydrogen) atoms. The van der Waals surface area contributed by atoms with Crippen molar-refractivity contribution in [2.45, 2.75) is 50.6 Å². The highest BCUT2D eigenvalue weighted by atomic mass is 127. The Morgan fingerprint density at radius 3 is 2.45 bits per heavy atom. The zero-order valence-electron chi connectivity index (χ0n) is 19.1. The molecule has 1 atom stereocenters. The van der Waals surface area contributed by atoms with Gasteiger partial charge in [0.25, 0.3) is 0 Å². The molecule has 1 saturated heterocycles. The van der Waals surface area contributed by atoms with Crippen molar-refractivity contribution >= 4 is 41.3 Å². The Labute approximate surface area is 208 Å². The Morgan fingerprint density at radius 1 is 1.13 bits per heavy atom. The fourth-order valence-corrected chi connectivity index (χ4v) is 4.80. The third-order valence-corrected chi connectivity index (χ3v) is 7.21. The van der Waals surface area contributed by atoms with Crippen molar-refractivity contribution in [2.75, 3.05) is 33.4 Å². The van der Waals surface area contributed by atoms with E-state index in [1.807, 2.05) is 7.05 Å². The lowest BCUT2D eigenvalue weighted by atomic mass is 9.88. The molecular formula is C24H37IN4OS. The summed E-state index contributed by atoms with van der Waals surface area (Å²) in [7, 11) is 1.84. The molecule has 1 aromatic heterocycles. The van der Waals surface area contributed by atoms with Gasteiger partial charge in [0.05, 0.1) is 0 Å². The van der Waals surface area contributed by atoms with Gasteiger partial charge in [0.2, 0.25) is 0 Å². The van der Waals surface area contributed by atoms with E-state index in [0.29, 0.717) is 0 Å². The molecule has 1 fully saturated rings. The smallest absolute Gasteiger partial charge is 0.191 e. The van der Waals surface area contributed by atoms with Crippen LogP contribution in [-0.2, 0) is 10.2 Å². The minimum absolute atomic E-state index is 0. The van der Waals surface area contributed by atoms with Crippen LogP contribution >= 0.6 is 35.3 Å². The van der Waals surface area contributed by atoms with Gasteiger partial charge in [0.1, 0.15) is 0 Å². The number of benzene rings is 1. The van der Waals surface area contributed by atoms with E-state index in [4.69, 9.17) is 4.74 Å². The van der Waals surface area contributed by atoms with Crippen LogP contribution < -0.4 is 16.0 Å². The summed E-state index contributed by atoms with van der Waals surface area (Å²) in [6, 6.07) is 15.2. The number of nitrogens with zero attached hydrogens (tertiary/aromatic N) is 1. The lowest BCUT2D eigenvalue weighted by Crippen LogP contribution is -2.58. The molecule has 5 nitrogen and oxygen atoms in total. The van der Waals surface area contributed by atoms with Crippen LogP contribution in [0, 0.1) is 0 Å². The van der Waals surface area contributed by atoms with Crippen LogP contribution in [0.1, 0.15) is 50.1 Å². The molecule has 0 aliphatic carbocycles. The minimum Gasteiger partial charge on any atom is -0.381 e. The maximum absolute atomic E-state index is 5.67. The second-order valence-electron chi connectivity index (χ2n) is 8.81. The molecule has 3 rings (SSSR count). The summed E-state index contributed by atoms with van der Waals surface area (Å²) >= 11 is 1.81. The largest absolute Gasteiger partial charge is 0.381 e. The first-order chi connectivity index (χ1) is 14.4. The Hall–Kier alpha value is -1.16. The van der Waals surface area contributed by atoms with Gasteiger partial charge in [0.15, 0.2) is 5.96 Å². The molecule has 0 radical (unpaired) electrons. The number of aliphatic imine (C=N–C) groups is 1. The van der Waals surface area contributed by atoms with Gasteiger partial charge in [-0.25, -0.2) is 0 Å². The number of ether oxygens (including phenoxy) is 1. The summed E-state index contributed by atoms with van der Waals surface area (Å²) in [6.07, 6.45) is 1.96. The van der Waals surface area contributed by atoms with Crippen LogP contribution in [0.3, 0.4) is 0 Å². The third kappa shape index (κ3) is 7.44. The average molecular weight is 557 g/mol. The van der Waals surface area contributed by atoms with Gasteiger partial charge in [-0.15, -0.1) is 35.3 Å². The van der Waals surface area contributed by atoms with Crippen LogP contribution in [0.5, 0.6) is 0 Å². The van der Waals surface area contributed by atoms with Crippen molar-refractivity contribution in [3.05, 3.63) is 58.3 Å². The number of hydrogen-bond acceptors (Lipinski definition) is 4. The molecule has 2 aromatic rings. The van der Waals surface area contributed by atoms with Gasteiger partial charge >= 0.3 is 0 Å². The summed E-state index contributed by atoms with van der Waals surface area (Å²) < 4.78 is 5.67. The predicted octanol–water partition coefficient (Wildman–Crippen LogP) is 4.71. The number of nitrogens with one attached hydrogen (secondary N) is 3. The quantitative estimate of drug-likeness (QED) is 0.251.